The Balaban J connectivity index is 2.25. The van der Waals surface area contributed by atoms with Crippen LogP contribution in [0.4, 0.5) is 0 Å². The lowest BCUT2D eigenvalue weighted by atomic mass is 10.1. The second-order valence-electron chi connectivity index (χ2n) is 4.36. The third-order valence-corrected chi connectivity index (χ3v) is 2.91. The van der Waals surface area contributed by atoms with E-state index in [9.17, 15) is 0 Å². The summed E-state index contributed by atoms with van der Waals surface area (Å²) in [4.78, 5) is 13.2. The summed E-state index contributed by atoms with van der Waals surface area (Å²) < 4.78 is 0. The second kappa shape index (κ2) is 5.69. The third kappa shape index (κ3) is 2.90. The van der Waals surface area contributed by atoms with Crippen LogP contribution in [0.3, 0.4) is 0 Å². The van der Waals surface area contributed by atoms with Gasteiger partial charge < -0.3 is 5.32 Å². The van der Waals surface area contributed by atoms with Crippen LogP contribution in [0.1, 0.15) is 28.3 Å². The molecule has 4 heteroatoms. The fourth-order valence-electron chi connectivity index (χ4n) is 2.01. The summed E-state index contributed by atoms with van der Waals surface area (Å²) in [5.41, 5.74) is 4.43. The molecule has 0 fully saturated rings. The molecule has 18 heavy (non-hydrogen) atoms. The molecule has 2 aromatic heterocycles. The van der Waals surface area contributed by atoms with Crippen molar-refractivity contribution < 1.29 is 0 Å². The summed E-state index contributed by atoms with van der Waals surface area (Å²) in [5, 5.41) is 3.14. The normalized spacial score (nSPS) is 10.6. The van der Waals surface area contributed by atoms with Gasteiger partial charge in [0, 0.05) is 42.3 Å². The molecule has 0 amide bonds. The lowest BCUT2D eigenvalue weighted by Gasteiger charge is -2.10. The molecule has 1 N–H and O–H groups in total. The van der Waals surface area contributed by atoms with E-state index in [1.807, 2.05) is 39.2 Å². The molecular weight excluding hydrogens is 224 g/mol. The Morgan fingerprint density at radius 3 is 2.44 bits per heavy atom. The summed E-state index contributed by atoms with van der Waals surface area (Å²) >= 11 is 0. The second-order valence-corrected chi connectivity index (χ2v) is 4.36. The molecule has 0 saturated heterocycles. The summed E-state index contributed by atoms with van der Waals surface area (Å²) in [5.74, 6) is 0.859. The van der Waals surface area contributed by atoms with E-state index < -0.39 is 0 Å². The Bertz CT molecular complexity index is 500. The predicted octanol–water partition coefficient (Wildman–Crippen LogP) is 1.80. The first kappa shape index (κ1) is 12.6. The zero-order valence-corrected chi connectivity index (χ0v) is 11.1. The standard InChI is InChI=1S/C14H18N4/c1-10-13(9-15-3)11(2)18-14(17-10)7-12-5-4-6-16-8-12/h4-6,8,15H,7,9H2,1-3H3. The fraction of sp³-hybridized carbons (Fsp3) is 0.357. The summed E-state index contributed by atoms with van der Waals surface area (Å²) in [6, 6.07) is 3.98. The van der Waals surface area contributed by atoms with E-state index in [0.717, 1.165) is 35.7 Å². The van der Waals surface area contributed by atoms with Gasteiger partial charge in [0.15, 0.2) is 0 Å². The highest BCUT2D eigenvalue weighted by atomic mass is 14.9. The number of nitrogens with one attached hydrogen (secondary N) is 1. The van der Waals surface area contributed by atoms with Crippen LogP contribution in [0.25, 0.3) is 0 Å². The molecule has 4 nitrogen and oxygen atoms in total. The molecule has 0 aliphatic rings. The van der Waals surface area contributed by atoms with Crippen molar-refractivity contribution in [2.24, 2.45) is 0 Å². The highest BCUT2D eigenvalue weighted by molar-refractivity contribution is 5.25. The van der Waals surface area contributed by atoms with Crippen molar-refractivity contribution in [1.29, 1.82) is 0 Å². The van der Waals surface area contributed by atoms with Crippen LogP contribution >= 0.6 is 0 Å². The number of hydrogen-bond donors (Lipinski definition) is 1. The van der Waals surface area contributed by atoms with Crippen LogP contribution < -0.4 is 5.32 Å². The number of pyridine rings is 1. The Morgan fingerprint density at radius 2 is 1.89 bits per heavy atom. The van der Waals surface area contributed by atoms with Crippen molar-refractivity contribution in [2.75, 3.05) is 7.05 Å². The molecule has 2 aromatic rings. The van der Waals surface area contributed by atoms with Gasteiger partial charge in [-0.3, -0.25) is 4.98 Å². The minimum absolute atomic E-state index is 0.732. The fourth-order valence-corrected chi connectivity index (χ4v) is 2.01. The largest absolute Gasteiger partial charge is 0.316 e. The molecule has 0 aliphatic heterocycles. The minimum Gasteiger partial charge on any atom is -0.316 e. The average molecular weight is 242 g/mol. The average Bonchev–Trinajstić information content (AvgIpc) is 2.35. The Labute approximate surface area is 108 Å². The lowest BCUT2D eigenvalue weighted by Crippen LogP contribution is -2.12. The van der Waals surface area contributed by atoms with E-state index >= 15 is 0 Å². The predicted molar refractivity (Wildman–Crippen MR) is 71.3 cm³/mol. The first-order valence-electron chi connectivity index (χ1n) is 6.07. The van der Waals surface area contributed by atoms with Crippen LogP contribution in [0.5, 0.6) is 0 Å². The summed E-state index contributed by atoms with van der Waals surface area (Å²) in [7, 11) is 1.93. The van der Waals surface area contributed by atoms with E-state index in [1.54, 1.807) is 6.20 Å². The number of nitrogens with zero attached hydrogens (tertiary/aromatic N) is 3. The van der Waals surface area contributed by atoms with Crippen LogP contribution in [0.15, 0.2) is 24.5 Å². The molecule has 2 rings (SSSR count). The van der Waals surface area contributed by atoms with Gasteiger partial charge in [-0.25, -0.2) is 9.97 Å². The summed E-state index contributed by atoms with van der Waals surface area (Å²) in [6.45, 7) is 4.88. The van der Waals surface area contributed by atoms with Crippen molar-refractivity contribution in [3.63, 3.8) is 0 Å². The van der Waals surface area contributed by atoms with Gasteiger partial charge in [-0.2, -0.15) is 0 Å². The van der Waals surface area contributed by atoms with E-state index in [2.05, 4.69) is 20.3 Å². The molecule has 0 saturated carbocycles. The van der Waals surface area contributed by atoms with Crippen molar-refractivity contribution in [2.45, 2.75) is 26.8 Å². The van der Waals surface area contributed by atoms with Crippen LogP contribution in [0, 0.1) is 13.8 Å². The van der Waals surface area contributed by atoms with Crippen LogP contribution in [-0.2, 0) is 13.0 Å². The number of rotatable bonds is 4. The monoisotopic (exact) mass is 242 g/mol. The van der Waals surface area contributed by atoms with Gasteiger partial charge in [0.2, 0.25) is 0 Å². The van der Waals surface area contributed by atoms with Crippen LogP contribution in [0.2, 0.25) is 0 Å². The highest BCUT2D eigenvalue weighted by Crippen LogP contribution is 2.12. The first-order chi connectivity index (χ1) is 8.70. The Hall–Kier alpha value is -1.81. The van der Waals surface area contributed by atoms with Crippen molar-refractivity contribution in [3.05, 3.63) is 52.9 Å². The molecule has 0 atom stereocenters. The van der Waals surface area contributed by atoms with Gasteiger partial charge in [0.25, 0.3) is 0 Å². The molecule has 94 valence electrons. The van der Waals surface area contributed by atoms with Gasteiger partial charge in [0.05, 0.1) is 0 Å². The number of aromatic nitrogens is 3. The zero-order valence-electron chi connectivity index (χ0n) is 11.1. The quantitative estimate of drug-likeness (QED) is 0.888. The van der Waals surface area contributed by atoms with Gasteiger partial charge in [-0.15, -0.1) is 0 Å². The molecule has 0 spiro atoms. The van der Waals surface area contributed by atoms with Gasteiger partial charge >= 0.3 is 0 Å². The van der Waals surface area contributed by atoms with E-state index in [-0.39, 0.29) is 0 Å². The topological polar surface area (TPSA) is 50.7 Å². The Kier molecular flexibility index (Phi) is 3.99. The molecule has 0 bridgehead atoms. The molecule has 0 aromatic carbocycles. The van der Waals surface area contributed by atoms with Gasteiger partial charge in [0.1, 0.15) is 5.82 Å². The zero-order chi connectivity index (χ0) is 13.0. The Morgan fingerprint density at radius 1 is 1.17 bits per heavy atom. The van der Waals surface area contributed by atoms with Crippen molar-refractivity contribution in [3.8, 4) is 0 Å². The molecule has 2 heterocycles. The van der Waals surface area contributed by atoms with Crippen molar-refractivity contribution >= 4 is 0 Å². The van der Waals surface area contributed by atoms with Crippen molar-refractivity contribution in [1.82, 2.24) is 20.3 Å². The first-order valence-corrected chi connectivity index (χ1v) is 6.07. The maximum atomic E-state index is 4.57. The maximum absolute atomic E-state index is 4.57. The van der Waals surface area contributed by atoms with Crippen LogP contribution in [-0.4, -0.2) is 22.0 Å². The molecular formula is C14H18N4. The molecule has 0 radical (unpaired) electrons. The minimum atomic E-state index is 0.732. The number of hydrogen-bond acceptors (Lipinski definition) is 4. The molecule has 0 unspecified atom stereocenters. The maximum Gasteiger partial charge on any atom is 0.133 e. The van der Waals surface area contributed by atoms with E-state index in [1.165, 1.54) is 5.56 Å². The lowest BCUT2D eigenvalue weighted by molar-refractivity contribution is 0.773. The summed E-state index contributed by atoms with van der Waals surface area (Å²) in [6.07, 6.45) is 4.36. The smallest absolute Gasteiger partial charge is 0.133 e. The molecule has 0 aliphatic carbocycles. The third-order valence-electron chi connectivity index (χ3n) is 2.91. The van der Waals surface area contributed by atoms with Gasteiger partial charge in [-0.1, -0.05) is 6.07 Å². The van der Waals surface area contributed by atoms with Gasteiger partial charge in [-0.05, 0) is 32.5 Å². The number of aryl methyl sites for hydroxylation is 2. The SMILES string of the molecule is CNCc1c(C)nc(Cc2cccnc2)nc1C. The van der Waals surface area contributed by atoms with E-state index in [4.69, 9.17) is 0 Å². The highest BCUT2D eigenvalue weighted by Gasteiger charge is 2.08. The van der Waals surface area contributed by atoms with E-state index in [0.29, 0.717) is 0 Å².